The highest BCUT2D eigenvalue weighted by molar-refractivity contribution is 8.05. The Hall–Kier alpha value is -3.57. The fourth-order valence-electron chi connectivity index (χ4n) is 4.99. The van der Waals surface area contributed by atoms with Gasteiger partial charge in [-0.3, -0.25) is 4.72 Å². The van der Waals surface area contributed by atoms with E-state index in [1.54, 1.807) is 37.5 Å². The second kappa shape index (κ2) is 14.1. The molecule has 42 heavy (non-hydrogen) atoms. The minimum absolute atomic E-state index is 0.0656. The summed E-state index contributed by atoms with van der Waals surface area (Å²) < 4.78 is 53.2. The number of halogens is 3. The van der Waals surface area contributed by atoms with E-state index in [4.69, 9.17) is 10.1 Å². The topological polar surface area (TPSA) is 86.2 Å². The smallest absolute Gasteiger partial charge is 0.423 e. The molecule has 1 fully saturated rings. The van der Waals surface area contributed by atoms with Gasteiger partial charge in [0.15, 0.2) is 0 Å². The molecule has 0 bridgehead atoms. The number of rotatable bonds is 11. The van der Waals surface area contributed by atoms with Crippen molar-refractivity contribution in [2.24, 2.45) is 5.92 Å². The lowest BCUT2D eigenvalue weighted by Gasteiger charge is -2.29. The lowest BCUT2D eigenvalue weighted by Crippen LogP contribution is -2.29. The summed E-state index contributed by atoms with van der Waals surface area (Å²) in [4.78, 5) is 11.3. The van der Waals surface area contributed by atoms with Crippen molar-refractivity contribution in [1.82, 2.24) is 20.2 Å². The third-order valence-corrected chi connectivity index (χ3v) is 7.79. The standard InChI is InChI=1S/C31H37F3N6OS/c1-20(2)17-23-7-5-6-8-26(23)28-27(31(32,33)34)29(38-30(37-28)39-42-25(18-35)19-36-3)41-24-11-9-21(10-12-24)22-13-15-40(4)16-14-22/h5-12,18-20,22,35-36H,13-17H2,1-4H3,(H,37,38,39)/b25-19+,35-18?. The second-order valence-electron chi connectivity index (χ2n) is 10.8. The van der Waals surface area contributed by atoms with Crippen LogP contribution in [0.1, 0.15) is 49.3 Å². The summed E-state index contributed by atoms with van der Waals surface area (Å²) in [6, 6.07) is 14.2. The van der Waals surface area contributed by atoms with Crippen LogP contribution in [-0.2, 0) is 12.6 Å². The van der Waals surface area contributed by atoms with E-state index in [0.29, 0.717) is 22.8 Å². The predicted molar refractivity (Wildman–Crippen MR) is 164 cm³/mol. The zero-order valence-electron chi connectivity index (χ0n) is 24.3. The summed E-state index contributed by atoms with van der Waals surface area (Å²) in [5.74, 6) is 0.230. The molecule has 0 amide bonds. The van der Waals surface area contributed by atoms with Crippen molar-refractivity contribution in [3.8, 4) is 22.9 Å². The van der Waals surface area contributed by atoms with Gasteiger partial charge in [-0.05, 0) is 86.4 Å². The van der Waals surface area contributed by atoms with E-state index in [1.807, 2.05) is 38.1 Å². The van der Waals surface area contributed by atoms with Crippen LogP contribution in [0.5, 0.6) is 11.6 Å². The first kappa shape index (κ1) is 31.4. The molecule has 11 heteroatoms. The van der Waals surface area contributed by atoms with E-state index in [1.165, 1.54) is 0 Å². The van der Waals surface area contributed by atoms with Crippen molar-refractivity contribution in [2.75, 3.05) is 31.9 Å². The molecule has 1 aromatic heterocycles. The average molecular weight is 599 g/mol. The SMILES string of the molecule is CN/C=C(\C=N)SNc1nc(Oc2ccc(C3CCN(C)CC3)cc2)c(C(F)(F)F)c(-c2ccccc2CC(C)C)n1. The average Bonchev–Trinajstić information content (AvgIpc) is 2.95. The fourth-order valence-corrected chi connectivity index (χ4v) is 5.52. The molecule has 7 nitrogen and oxygen atoms in total. The number of benzene rings is 2. The van der Waals surface area contributed by atoms with Gasteiger partial charge in [0.1, 0.15) is 11.3 Å². The third-order valence-electron chi connectivity index (χ3n) is 7.03. The third kappa shape index (κ3) is 8.04. The molecule has 224 valence electrons. The summed E-state index contributed by atoms with van der Waals surface area (Å²) in [6.45, 7) is 6.05. The first-order valence-electron chi connectivity index (χ1n) is 13.9. The number of nitrogens with zero attached hydrogens (tertiary/aromatic N) is 3. The monoisotopic (exact) mass is 598 g/mol. The van der Waals surface area contributed by atoms with E-state index in [9.17, 15) is 13.2 Å². The van der Waals surface area contributed by atoms with E-state index < -0.39 is 17.6 Å². The Morgan fingerprint density at radius 3 is 2.43 bits per heavy atom. The highest BCUT2D eigenvalue weighted by Crippen LogP contribution is 2.44. The molecule has 2 aromatic carbocycles. The van der Waals surface area contributed by atoms with Crippen molar-refractivity contribution in [1.29, 1.82) is 5.41 Å². The van der Waals surface area contributed by atoms with Gasteiger partial charge in [-0.2, -0.15) is 18.2 Å². The summed E-state index contributed by atoms with van der Waals surface area (Å²) >= 11 is 1.00. The van der Waals surface area contributed by atoms with Gasteiger partial charge in [0.2, 0.25) is 11.8 Å². The van der Waals surface area contributed by atoms with Gasteiger partial charge < -0.3 is 20.4 Å². The quantitative estimate of drug-likeness (QED) is 0.154. The lowest BCUT2D eigenvalue weighted by molar-refractivity contribution is -0.138. The van der Waals surface area contributed by atoms with E-state index >= 15 is 0 Å². The summed E-state index contributed by atoms with van der Waals surface area (Å²) in [5, 5.41) is 10.4. The molecular weight excluding hydrogens is 561 g/mol. The maximum absolute atomic E-state index is 14.8. The van der Waals surface area contributed by atoms with Crippen LogP contribution in [0.2, 0.25) is 0 Å². The van der Waals surface area contributed by atoms with E-state index in [0.717, 1.165) is 55.2 Å². The van der Waals surface area contributed by atoms with Gasteiger partial charge in [-0.1, -0.05) is 50.2 Å². The zero-order chi connectivity index (χ0) is 30.3. The highest BCUT2D eigenvalue weighted by atomic mass is 32.2. The fraction of sp³-hybridized carbons (Fsp3) is 0.387. The molecule has 0 radical (unpaired) electrons. The first-order chi connectivity index (χ1) is 20.1. The summed E-state index contributed by atoms with van der Waals surface area (Å²) in [7, 11) is 3.79. The number of hydrogen-bond donors (Lipinski definition) is 3. The number of aromatic nitrogens is 2. The van der Waals surface area contributed by atoms with Gasteiger partial charge in [0, 0.05) is 25.0 Å². The van der Waals surface area contributed by atoms with E-state index in [-0.39, 0.29) is 23.3 Å². The normalized spacial score (nSPS) is 15.1. The van der Waals surface area contributed by atoms with Crippen LogP contribution in [0.25, 0.3) is 11.3 Å². The molecule has 0 spiro atoms. The molecule has 0 atom stereocenters. The Bertz CT molecular complexity index is 1390. The summed E-state index contributed by atoms with van der Waals surface area (Å²) in [6.07, 6.45) is 0.546. The van der Waals surface area contributed by atoms with Crippen LogP contribution in [0.15, 0.2) is 59.6 Å². The van der Waals surface area contributed by atoms with Crippen molar-refractivity contribution >= 4 is 24.1 Å². The number of piperidine rings is 1. The van der Waals surface area contributed by atoms with Crippen LogP contribution < -0.4 is 14.8 Å². The molecule has 1 aliphatic rings. The molecule has 3 N–H and O–H groups in total. The van der Waals surface area contributed by atoms with Crippen LogP contribution >= 0.6 is 11.9 Å². The van der Waals surface area contributed by atoms with Gasteiger partial charge >= 0.3 is 6.18 Å². The Morgan fingerprint density at radius 2 is 1.81 bits per heavy atom. The van der Waals surface area contributed by atoms with Gasteiger partial charge in [0.05, 0.1) is 10.6 Å². The molecule has 0 aliphatic carbocycles. The van der Waals surface area contributed by atoms with Gasteiger partial charge in [0.25, 0.3) is 0 Å². The molecule has 4 rings (SSSR count). The minimum atomic E-state index is -4.79. The van der Waals surface area contributed by atoms with Crippen LogP contribution in [0.4, 0.5) is 19.1 Å². The molecule has 0 unspecified atom stereocenters. The number of anilines is 1. The second-order valence-corrected chi connectivity index (χ2v) is 11.6. The minimum Gasteiger partial charge on any atom is -0.438 e. The van der Waals surface area contributed by atoms with Crippen LogP contribution in [0.3, 0.4) is 0 Å². The Labute approximate surface area is 249 Å². The molecule has 2 heterocycles. The van der Waals surface area contributed by atoms with Gasteiger partial charge in [-0.15, -0.1) is 0 Å². The number of ether oxygens (including phenoxy) is 1. The first-order valence-corrected chi connectivity index (χ1v) is 14.7. The summed E-state index contributed by atoms with van der Waals surface area (Å²) in [5.41, 5.74) is 0.968. The molecule has 0 saturated carbocycles. The molecular formula is C31H37F3N6OS. The molecule has 1 saturated heterocycles. The number of nitrogens with one attached hydrogen (secondary N) is 3. The largest absolute Gasteiger partial charge is 0.438 e. The highest BCUT2D eigenvalue weighted by Gasteiger charge is 2.41. The predicted octanol–water partition coefficient (Wildman–Crippen LogP) is 7.73. The number of hydrogen-bond acceptors (Lipinski definition) is 8. The lowest BCUT2D eigenvalue weighted by atomic mass is 9.90. The number of allylic oxidation sites excluding steroid dienone is 1. The number of alkyl halides is 3. The van der Waals surface area contributed by atoms with Gasteiger partial charge in [-0.25, -0.2) is 4.98 Å². The van der Waals surface area contributed by atoms with Crippen LogP contribution in [0, 0.1) is 11.3 Å². The van der Waals surface area contributed by atoms with Crippen molar-refractivity contribution in [2.45, 2.75) is 45.2 Å². The van der Waals surface area contributed by atoms with Crippen molar-refractivity contribution in [3.63, 3.8) is 0 Å². The molecule has 1 aliphatic heterocycles. The Kier molecular flexibility index (Phi) is 10.5. The Balaban J connectivity index is 1.78. The molecule has 3 aromatic rings. The Morgan fingerprint density at radius 1 is 1.12 bits per heavy atom. The number of likely N-dealkylation sites (tertiary alicyclic amines) is 1. The maximum atomic E-state index is 14.8. The zero-order valence-corrected chi connectivity index (χ0v) is 25.1. The van der Waals surface area contributed by atoms with E-state index in [2.05, 4.69) is 32.0 Å². The van der Waals surface area contributed by atoms with Crippen molar-refractivity contribution < 1.29 is 17.9 Å². The van der Waals surface area contributed by atoms with Crippen LogP contribution in [-0.4, -0.2) is 48.3 Å². The van der Waals surface area contributed by atoms with Crippen molar-refractivity contribution in [3.05, 3.63) is 76.3 Å². The maximum Gasteiger partial charge on any atom is 0.423 e.